The zero-order chi connectivity index (χ0) is 18.6. The van der Waals surface area contributed by atoms with Crippen LogP contribution >= 0.6 is 0 Å². The average Bonchev–Trinajstić information content (AvgIpc) is 3.33. The van der Waals surface area contributed by atoms with Gasteiger partial charge in [0.1, 0.15) is 11.9 Å². The van der Waals surface area contributed by atoms with Crippen molar-refractivity contribution in [3.8, 4) is 0 Å². The fraction of sp³-hybridized carbons (Fsp3) is 0.318. The number of halogens is 1. The Morgan fingerprint density at radius 3 is 2.70 bits per heavy atom. The number of aromatic nitrogens is 1. The van der Waals surface area contributed by atoms with Crippen LogP contribution in [0.25, 0.3) is 10.9 Å². The molecule has 1 aromatic heterocycles. The van der Waals surface area contributed by atoms with Crippen molar-refractivity contribution in [1.82, 2.24) is 15.2 Å². The smallest absolute Gasteiger partial charge is 0.241 e. The van der Waals surface area contributed by atoms with Crippen molar-refractivity contribution in [3.05, 3.63) is 71.7 Å². The second kappa shape index (κ2) is 7.92. The van der Waals surface area contributed by atoms with Crippen LogP contribution < -0.4 is 5.32 Å². The maximum atomic E-state index is 13.3. The van der Waals surface area contributed by atoms with E-state index in [1.165, 1.54) is 12.1 Å². The van der Waals surface area contributed by atoms with Crippen LogP contribution in [0.4, 0.5) is 4.39 Å². The fourth-order valence-electron chi connectivity index (χ4n) is 3.95. The highest BCUT2D eigenvalue weighted by atomic mass is 19.1. The van der Waals surface area contributed by atoms with Crippen LogP contribution in [0.5, 0.6) is 0 Å². The number of nitrogens with zero attached hydrogens (tertiary/aromatic N) is 1. The third-order valence-electron chi connectivity index (χ3n) is 5.29. The molecule has 1 atom stereocenters. The first kappa shape index (κ1) is 17.7. The first-order chi connectivity index (χ1) is 13.2. The molecule has 1 fully saturated rings. The summed E-state index contributed by atoms with van der Waals surface area (Å²) in [6, 6.07) is 14.5. The molecule has 0 radical (unpaired) electrons. The fourth-order valence-corrected chi connectivity index (χ4v) is 3.95. The van der Waals surface area contributed by atoms with E-state index in [0.29, 0.717) is 13.0 Å². The van der Waals surface area contributed by atoms with E-state index >= 15 is 0 Å². The molecule has 4 rings (SSSR count). The van der Waals surface area contributed by atoms with Crippen LogP contribution in [0.3, 0.4) is 0 Å². The van der Waals surface area contributed by atoms with E-state index in [1.807, 2.05) is 36.5 Å². The lowest BCUT2D eigenvalue weighted by Crippen LogP contribution is -2.40. The zero-order valence-corrected chi connectivity index (χ0v) is 15.2. The molecule has 1 saturated heterocycles. The van der Waals surface area contributed by atoms with Crippen molar-refractivity contribution in [2.75, 3.05) is 19.6 Å². The molecule has 27 heavy (non-hydrogen) atoms. The Morgan fingerprint density at radius 1 is 1.15 bits per heavy atom. The zero-order valence-electron chi connectivity index (χ0n) is 15.2. The number of hydrogen-bond acceptors (Lipinski definition) is 2. The molecular weight excluding hydrogens is 341 g/mol. The van der Waals surface area contributed by atoms with E-state index in [-0.39, 0.29) is 17.8 Å². The second-order valence-electron chi connectivity index (χ2n) is 7.10. The highest BCUT2D eigenvalue weighted by Crippen LogP contribution is 2.25. The van der Waals surface area contributed by atoms with Crippen molar-refractivity contribution in [1.29, 1.82) is 0 Å². The molecule has 1 aliphatic heterocycles. The number of carbonyl (C=O) groups is 1. The monoisotopic (exact) mass is 365 g/mol. The summed E-state index contributed by atoms with van der Waals surface area (Å²) in [4.78, 5) is 18.3. The Hall–Kier alpha value is -2.66. The number of benzene rings is 2. The molecule has 3 aromatic rings. The summed E-state index contributed by atoms with van der Waals surface area (Å²) < 4.78 is 13.3. The van der Waals surface area contributed by atoms with Crippen molar-refractivity contribution in [3.63, 3.8) is 0 Å². The maximum absolute atomic E-state index is 13.3. The lowest BCUT2D eigenvalue weighted by Gasteiger charge is -2.27. The van der Waals surface area contributed by atoms with Gasteiger partial charge in [-0.05, 0) is 61.7 Å². The predicted molar refractivity (Wildman–Crippen MR) is 105 cm³/mol. The van der Waals surface area contributed by atoms with Crippen molar-refractivity contribution in [2.45, 2.75) is 25.3 Å². The standard InChI is InChI=1S/C22H24FN3O/c23-18-8-9-19-17(15-25-20(19)14-18)10-11-24-22(27)21(26-12-4-5-13-26)16-6-2-1-3-7-16/h1-3,6-9,14-15,21,25H,4-5,10-13H2,(H,24,27). The Bertz CT molecular complexity index is 916. The van der Waals surface area contributed by atoms with E-state index in [4.69, 9.17) is 0 Å². The van der Waals surface area contributed by atoms with Gasteiger partial charge >= 0.3 is 0 Å². The average molecular weight is 365 g/mol. The molecular formula is C22H24FN3O. The highest BCUT2D eigenvalue weighted by Gasteiger charge is 2.29. The van der Waals surface area contributed by atoms with Crippen molar-refractivity contribution in [2.24, 2.45) is 0 Å². The lowest BCUT2D eigenvalue weighted by atomic mass is 10.0. The van der Waals surface area contributed by atoms with Gasteiger partial charge in [0.05, 0.1) is 0 Å². The number of amides is 1. The minimum atomic E-state index is -0.250. The molecule has 1 unspecified atom stereocenters. The normalized spacial score (nSPS) is 15.9. The van der Waals surface area contributed by atoms with Gasteiger partial charge in [0.15, 0.2) is 0 Å². The van der Waals surface area contributed by atoms with E-state index in [9.17, 15) is 9.18 Å². The minimum Gasteiger partial charge on any atom is -0.361 e. The molecule has 2 heterocycles. The summed E-state index contributed by atoms with van der Waals surface area (Å²) in [5, 5.41) is 4.11. The second-order valence-corrected chi connectivity index (χ2v) is 7.10. The van der Waals surface area contributed by atoms with Crippen LogP contribution in [0.15, 0.2) is 54.7 Å². The lowest BCUT2D eigenvalue weighted by molar-refractivity contribution is -0.126. The molecule has 0 saturated carbocycles. The SMILES string of the molecule is O=C(NCCc1c[nH]c2cc(F)ccc12)C(c1ccccc1)N1CCCC1. The van der Waals surface area contributed by atoms with Gasteiger partial charge < -0.3 is 10.3 Å². The Balaban J connectivity index is 1.43. The summed E-state index contributed by atoms with van der Waals surface area (Å²) in [5.74, 6) is -0.200. The van der Waals surface area contributed by atoms with Crippen LogP contribution in [-0.2, 0) is 11.2 Å². The predicted octanol–water partition coefficient (Wildman–Crippen LogP) is 3.80. The summed E-state index contributed by atoms with van der Waals surface area (Å²) in [6.45, 7) is 2.47. The van der Waals surface area contributed by atoms with Crippen LogP contribution in [0, 0.1) is 5.82 Å². The van der Waals surface area contributed by atoms with E-state index < -0.39 is 0 Å². The van der Waals surface area contributed by atoms with E-state index in [2.05, 4.69) is 15.2 Å². The quantitative estimate of drug-likeness (QED) is 0.698. The van der Waals surface area contributed by atoms with Gasteiger partial charge in [-0.2, -0.15) is 0 Å². The number of carbonyl (C=O) groups excluding carboxylic acids is 1. The molecule has 0 bridgehead atoms. The number of aromatic amines is 1. The van der Waals surface area contributed by atoms with Gasteiger partial charge in [-0.3, -0.25) is 9.69 Å². The molecule has 5 heteroatoms. The van der Waals surface area contributed by atoms with Gasteiger partial charge in [-0.15, -0.1) is 0 Å². The van der Waals surface area contributed by atoms with Gasteiger partial charge in [-0.1, -0.05) is 30.3 Å². The van der Waals surface area contributed by atoms with E-state index in [0.717, 1.165) is 48.0 Å². The molecule has 0 aliphatic carbocycles. The number of fused-ring (bicyclic) bond motifs is 1. The highest BCUT2D eigenvalue weighted by molar-refractivity contribution is 5.84. The van der Waals surface area contributed by atoms with Crippen molar-refractivity contribution >= 4 is 16.8 Å². The largest absolute Gasteiger partial charge is 0.361 e. The summed E-state index contributed by atoms with van der Waals surface area (Å²) in [7, 11) is 0. The van der Waals surface area contributed by atoms with Gasteiger partial charge in [0.2, 0.25) is 5.91 Å². The van der Waals surface area contributed by atoms with Crippen LogP contribution in [0.1, 0.15) is 30.0 Å². The summed E-state index contributed by atoms with van der Waals surface area (Å²) >= 11 is 0. The maximum Gasteiger partial charge on any atom is 0.241 e. The third kappa shape index (κ3) is 3.88. The Labute approximate surface area is 158 Å². The van der Waals surface area contributed by atoms with E-state index in [1.54, 1.807) is 6.07 Å². The molecule has 1 aliphatic rings. The Morgan fingerprint density at radius 2 is 1.93 bits per heavy atom. The van der Waals surface area contributed by atoms with Gasteiger partial charge in [-0.25, -0.2) is 4.39 Å². The molecule has 4 nitrogen and oxygen atoms in total. The van der Waals surface area contributed by atoms with Crippen LogP contribution in [0.2, 0.25) is 0 Å². The topological polar surface area (TPSA) is 48.1 Å². The van der Waals surface area contributed by atoms with Gasteiger partial charge in [0, 0.05) is 23.6 Å². The van der Waals surface area contributed by atoms with Crippen molar-refractivity contribution < 1.29 is 9.18 Å². The number of nitrogens with one attached hydrogen (secondary N) is 2. The first-order valence-corrected chi connectivity index (χ1v) is 9.54. The Kier molecular flexibility index (Phi) is 5.21. The number of hydrogen-bond donors (Lipinski definition) is 2. The summed E-state index contributed by atoms with van der Waals surface area (Å²) in [6.07, 6.45) is 4.88. The molecule has 1 amide bonds. The molecule has 0 spiro atoms. The number of H-pyrrole nitrogens is 1. The summed E-state index contributed by atoms with van der Waals surface area (Å²) in [5.41, 5.74) is 2.91. The molecule has 2 aromatic carbocycles. The van der Waals surface area contributed by atoms with Gasteiger partial charge in [0.25, 0.3) is 0 Å². The third-order valence-corrected chi connectivity index (χ3v) is 5.29. The van der Waals surface area contributed by atoms with Crippen LogP contribution in [-0.4, -0.2) is 35.4 Å². The number of likely N-dealkylation sites (tertiary alicyclic amines) is 1. The molecule has 140 valence electrons. The first-order valence-electron chi connectivity index (χ1n) is 9.54. The number of rotatable bonds is 6. The molecule has 2 N–H and O–H groups in total. The minimum absolute atomic E-state index is 0.0500.